The fourth-order valence-electron chi connectivity index (χ4n) is 2.78. The largest absolute Gasteiger partial charge is 0.478 e. The third-order valence-corrected chi connectivity index (χ3v) is 3.93. The Morgan fingerprint density at radius 3 is 2.73 bits per heavy atom. The molecule has 1 aromatic heterocycles. The maximum atomic E-state index is 11.3. The lowest BCUT2D eigenvalue weighted by Crippen LogP contribution is -2.21. The Kier molecular flexibility index (Phi) is 4.18. The van der Waals surface area contributed by atoms with E-state index in [-0.39, 0.29) is 11.7 Å². The fraction of sp³-hybridized carbons (Fsp3) is 0.294. The van der Waals surface area contributed by atoms with Gasteiger partial charge in [-0.3, -0.25) is 9.88 Å². The number of aromatic nitrogens is 1. The lowest BCUT2D eigenvalue weighted by molar-refractivity contribution is 0.0697. The zero-order valence-electron chi connectivity index (χ0n) is 12.1. The van der Waals surface area contributed by atoms with Crippen LogP contribution in [-0.4, -0.2) is 45.3 Å². The van der Waals surface area contributed by atoms with Gasteiger partial charge in [0.15, 0.2) is 0 Å². The molecular formula is C17H18N2O3. The van der Waals surface area contributed by atoms with Gasteiger partial charge in [0.25, 0.3) is 0 Å². The van der Waals surface area contributed by atoms with Gasteiger partial charge in [-0.2, -0.15) is 0 Å². The molecule has 1 aliphatic heterocycles. The molecule has 1 fully saturated rings. The summed E-state index contributed by atoms with van der Waals surface area (Å²) in [5.74, 6) is -0.939. The molecule has 1 aliphatic rings. The van der Waals surface area contributed by atoms with Gasteiger partial charge in [-0.15, -0.1) is 0 Å². The van der Waals surface area contributed by atoms with Crippen LogP contribution < -0.4 is 0 Å². The molecule has 1 aromatic carbocycles. The Bertz CT molecular complexity index is 670. The Morgan fingerprint density at radius 1 is 1.27 bits per heavy atom. The number of hydrogen-bond acceptors (Lipinski definition) is 4. The van der Waals surface area contributed by atoms with Gasteiger partial charge in [0.05, 0.1) is 17.4 Å². The standard InChI is InChI=1S/C17H18N2O3/c20-14-7-8-19(11-14)10-13-6-5-12(9-18-13)15-3-1-2-4-16(15)17(21)22/h1-6,9,14,20H,7-8,10-11H2,(H,21,22). The van der Waals surface area contributed by atoms with Crippen molar-refractivity contribution in [1.82, 2.24) is 9.88 Å². The molecule has 0 saturated carbocycles. The second-order valence-electron chi connectivity index (χ2n) is 5.57. The van der Waals surface area contributed by atoms with Gasteiger partial charge in [0.2, 0.25) is 0 Å². The molecule has 5 heteroatoms. The van der Waals surface area contributed by atoms with Crippen molar-refractivity contribution in [3.05, 3.63) is 53.9 Å². The maximum absolute atomic E-state index is 11.3. The number of hydrogen-bond donors (Lipinski definition) is 2. The molecule has 1 saturated heterocycles. The highest BCUT2D eigenvalue weighted by molar-refractivity contribution is 5.95. The van der Waals surface area contributed by atoms with Crippen molar-refractivity contribution < 1.29 is 15.0 Å². The summed E-state index contributed by atoms with van der Waals surface area (Å²) >= 11 is 0. The van der Waals surface area contributed by atoms with Crippen LogP contribution in [0.15, 0.2) is 42.6 Å². The van der Waals surface area contributed by atoms with Gasteiger partial charge in [0, 0.05) is 31.4 Å². The van der Waals surface area contributed by atoms with Crippen LogP contribution in [0.4, 0.5) is 0 Å². The predicted molar refractivity (Wildman–Crippen MR) is 82.5 cm³/mol. The third-order valence-electron chi connectivity index (χ3n) is 3.93. The van der Waals surface area contributed by atoms with E-state index in [1.54, 1.807) is 24.4 Å². The summed E-state index contributed by atoms with van der Waals surface area (Å²) in [6.07, 6.45) is 2.29. The van der Waals surface area contributed by atoms with E-state index in [4.69, 9.17) is 0 Å². The highest BCUT2D eigenvalue weighted by Gasteiger charge is 2.20. The molecule has 0 aliphatic carbocycles. The van der Waals surface area contributed by atoms with E-state index in [0.29, 0.717) is 18.7 Å². The number of carboxylic acid groups (broad SMARTS) is 1. The van der Waals surface area contributed by atoms with Crippen LogP contribution in [0.5, 0.6) is 0 Å². The number of pyridine rings is 1. The Labute approximate surface area is 128 Å². The summed E-state index contributed by atoms with van der Waals surface area (Å²) in [6.45, 7) is 2.27. The van der Waals surface area contributed by atoms with Crippen LogP contribution in [0.25, 0.3) is 11.1 Å². The molecular weight excluding hydrogens is 280 g/mol. The van der Waals surface area contributed by atoms with Gasteiger partial charge < -0.3 is 10.2 Å². The number of aromatic carboxylic acids is 1. The number of carboxylic acids is 1. The molecule has 3 rings (SSSR count). The summed E-state index contributed by atoms with van der Waals surface area (Å²) in [4.78, 5) is 17.9. The van der Waals surface area contributed by atoms with Gasteiger partial charge >= 0.3 is 5.97 Å². The van der Waals surface area contributed by atoms with Gasteiger partial charge in [0.1, 0.15) is 0 Å². The molecule has 5 nitrogen and oxygen atoms in total. The van der Waals surface area contributed by atoms with Gasteiger partial charge in [-0.05, 0) is 24.1 Å². The Balaban J connectivity index is 1.78. The van der Waals surface area contributed by atoms with Crippen molar-refractivity contribution in [1.29, 1.82) is 0 Å². The molecule has 2 N–H and O–H groups in total. The van der Waals surface area contributed by atoms with Crippen molar-refractivity contribution in [3.8, 4) is 11.1 Å². The Hall–Kier alpha value is -2.24. The SMILES string of the molecule is O=C(O)c1ccccc1-c1ccc(CN2CCC(O)C2)nc1. The van der Waals surface area contributed by atoms with Crippen LogP contribution in [0.2, 0.25) is 0 Å². The molecule has 2 heterocycles. The number of β-amino-alcohol motifs (C(OH)–C–C–N with tert-alkyl or cyclic N) is 1. The lowest BCUT2D eigenvalue weighted by Gasteiger charge is -2.14. The van der Waals surface area contributed by atoms with E-state index >= 15 is 0 Å². The predicted octanol–water partition coefficient (Wildman–Crippen LogP) is 2.01. The van der Waals surface area contributed by atoms with E-state index in [9.17, 15) is 15.0 Å². The molecule has 0 amide bonds. The number of aliphatic hydroxyl groups is 1. The van der Waals surface area contributed by atoms with Crippen molar-refractivity contribution in [2.45, 2.75) is 19.1 Å². The normalized spacial score (nSPS) is 18.5. The number of benzene rings is 1. The molecule has 0 spiro atoms. The number of likely N-dealkylation sites (tertiary alicyclic amines) is 1. The maximum Gasteiger partial charge on any atom is 0.336 e. The molecule has 2 aromatic rings. The lowest BCUT2D eigenvalue weighted by atomic mass is 10.0. The van der Waals surface area contributed by atoms with E-state index in [1.165, 1.54) is 0 Å². The average Bonchev–Trinajstić information content (AvgIpc) is 2.93. The topological polar surface area (TPSA) is 73.7 Å². The molecule has 22 heavy (non-hydrogen) atoms. The monoisotopic (exact) mass is 298 g/mol. The zero-order valence-corrected chi connectivity index (χ0v) is 12.1. The first-order chi connectivity index (χ1) is 10.6. The van der Waals surface area contributed by atoms with Crippen molar-refractivity contribution in [3.63, 3.8) is 0 Å². The van der Waals surface area contributed by atoms with E-state index in [0.717, 1.165) is 24.2 Å². The summed E-state index contributed by atoms with van der Waals surface area (Å²) in [7, 11) is 0. The zero-order chi connectivity index (χ0) is 15.5. The summed E-state index contributed by atoms with van der Waals surface area (Å²) in [6, 6.07) is 10.7. The quantitative estimate of drug-likeness (QED) is 0.903. The first kappa shape index (κ1) is 14.7. The number of aliphatic hydroxyl groups excluding tert-OH is 1. The smallest absolute Gasteiger partial charge is 0.336 e. The minimum absolute atomic E-state index is 0.235. The van der Waals surface area contributed by atoms with Gasteiger partial charge in [-0.25, -0.2) is 4.79 Å². The van der Waals surface area contributed by atoms with Gasteiger partial charge in [-0.1, -0.05) is 24.3 Å². The first-order valence-electron chi connectivity index (χ1n) is 7.31. The third kappa shape index (κ3) is 3.16. The summed E-state index contributed by atoms with van der Waals surface area (Å²) in [5, 5.41) is 18.8. The highest BCUT2D eigenvalue weighted by atomic mass is 16.4. The van der Waals surface area contributed by atoms with Crippen LogP contribution in [0.3, 0.4) is 0 Å². The van der Waals surface area contributed by atoms with E-state index < -0.39 is 5.97 Å². The molecule has 1 atom stereocenters. The fourth-order valence-corrected chi connectivity index (χ4v) is 2.78. The first-order valence-corrected chi connectivity index (χ1v) is 7.31. The van der Waals surface area contributed by atoms with Crippen LogP contribution in [0.1, 0.15) is 22.5 Å². The van der Waals surface area contributed by atoms with Crippen LogP contribution in [-0.2, 0) is 6.54 Å². The Morgan fingerprint density at radius 2 is 2.09 bits per heavy atom. The average molecular weight is 298 g/mol. The molecule has 1 unspecified atom stereocenters. The summed E-state index contributed by atoms with van der Waals surface area (Å²) in [5.41, 5.74) is 2.67. The van der Waals surface area contributed by atoms with E-state index in [2.05, 4.69) is 9.88 Å². The molecule has 0 radical (unpaired) electrons. The second kappa shape index (κ2) is 6.25. The van der Waals surface area contributed by atoms with Crippen molar-refractivity contribution in [2.75, 3.05) is 13.1 Å². The van der Waals surface area contributed by atoms with Crippen molar-refractivity contribution >= 4 is 5.97 Å². The van der Waals surface area contributed by atoms with E-state index in [1.807, 2.05) is 18.2 Å². The minimum atomic E-state index is -0.939. The number of nitrogens with zero attached hydrogens (tertiary/aromatic N) is 2. The summed E-state index contributed by atoms with van der Waals surface area (Å²) < 4.78 is 0. The minimum Gasteiger partial charge on any atom is -0.478 e. The molecule has 114 valence electrons. The van der Waals surface area contributed by atoms with Crippen LogP contribution in [0, 0.1) is 0 Å². The highest BCUT2D eigenvalue weighted by Crippen LogP contribution is 2.23. The second-order valence-corrected chi connectivity index (χ2v) is 5.57. The molecule has 0 bridgehead atoms. The number of carbonyl (C=O) groups is 1. The van der Waals surface area contributed by atoms with Crippen molar-refractivity contribution in [2.24, 2.45) is 0 Å². The van der Waals surface area contributed by atoms with Crippen LogP contribution >= 0.6 is 0 Å². The number of rotatable bonds is 4.